The average molecular weight is 454 g/mol. The van der Waals surface area contributed by atoms with Gasteiger partial charge in [-0.25, -0.2) is 9.59 Å². The molecule has 0 atom stereocenters. The lowest BCUT2D eigenvalue weighted by atomic mass is 10.1. The van der Waals surface area contributed by atoms with Crippen LogP contribution in [0.3, 0.4) is 0 Å². The van der Waals surface area contributed by atoms with Crippen LogP contribution in [0.2, 0.25) is 0 Å². The molecule has 0 unspecified atom stereocenters. The second kappa shape index (κ2) is 8.74. The molecule has 10 heteroatoms. The van der Waals surface area contributed by atoms with Crippen LogP contribution in [0.5, 0.6) is 11.5 Å². The summed E-state index contributed by atoms with van der Waals surface area (Å²) >= 11 is 0. The number of ether oxygens (including phenoxy) is 2. The van der Waals surface area contributed by atoms with Crippen LogP contribution in [0.15, 0.2) is 72.8 Å². The highest BCUT2D eigenvalue weighted by atomic mass is 19.4. The summed E-state index contributed by atoms with van der Waals surface area (Å²) in [5.41, 5.74) is -2.66. The van der Waals surface area contributed by atoms with Gasteiger partial charge in [-0.3, -0.25) is 0 Å². The van der Waals surface area contributed by atoms with E-state index in [0.29, 0.717) is 0 Å². The highest BCUT2D eigenvalue weighted by Gasteiger charge is 2.35. The predicted octanol–water partition coefficient (Wildman–Crippen LogP) is 6.16. The highest BCUT2D eigenvalue weighted by molar-refractivity contribution is 5.95. The summed E-state index contributed by atoms with van der Waals surface area (Å²) in [5.74, 6) is -3.64. The predicted molar refractivity (Wildman–Crippen MR) is 99.2 cm³/mol. The van der Waals surface area contributed by atoms with Gasteiger partial charge in [0.2, 0.25) is 0 Å². The van der Waals surface area contributed by atoms with Gasteiger partial charge in [0.1, 0.15) is 11.5 Å². The van der Waals surface area contributed by atoms with Crippen LogP contribution in [0, 0.1) is 0 Å². The molecule has 0 amide bonds. The Morgan fingerprint density at radius 3 is 1.16 bits per heavy atom. The topological polar surface area (TPSA) is 52.6 Å². The number of para-hydroxylation sites is 2. The minimum Gasteiger partial charge on any atom is -0.422 e. The van der Waals surface area contributed by atoms with Crippen molar-refractivity contribution in [1.82, 2.24) is 0 Å². The second-order valence-corrected chi connectivity index (χ2v) is 6.34. The maximum absolute atomic E-state index is 13.0. The molecule has 0 aliphatic carbocycles. The Kier molecular flexibility index (Phi) is 6.24. The van der Waals surface area contributed by atoms with E-state index in [0.717, 1.165) is 60.7 Å². The normalized spacial score (nSPS) is 11.7. The van der Waals surface area contributed by atoms with Crippen molar-refractivity contribution in [2.45, 2.75) is 12.4 Å². The molecule has 3 aromatic rings. The molecular weight excluding hydrogens is 442 g/mol. The first-order valence-electron chi connectivity index (χ1n) is 8.83. The van der Waals surface area contributed by atoms with E-state index in [1.54, 1.807) is 0 Å². The van der Waals surface area contributed by atoms with E-state index in [4.69, 9.17) is 9.47 Å². The third-order valence-electron chi connectivity index (χ3n) is 4.15. The number of hydrogen-bond donors (Lipinski definition) is 0. The van der Waals surface area contributed by atoms with E-state index >= 15 is 0 Å². The molecule has 0 saturated carbocycles. The minimum absolute atomic E-state index is 0.186. The molecule has 3 rings (SSSR count). The van der Waals surface area contributed by atoms with E-state index in [-0.39, 0.29) is 11.1 Å². The van der Waals surface area contributed by atoms with Gasteiger partial charge in [0, 0.05) is 0 Å². The SMILES string of the molecule is O=C(Oc1ccccc1C(F)(F)F)c1ccc(C(=O)Oc2ccccc2C(F)(F)F)cc1. The van der Waals surface area contributed by atoms with Crippen molar-refractivity contribution in [3.63, 3.8) is 0 Å². The summed E-state index contributed by atoms with van der Waals surface area (Å²) in [4.78, 5) is 24.4. The standard InChI is InChI=1S/C22H12F6O4/c23-21(24,25)15-5-1-3-7-17(15)31-19(29)13-9-11-14(12-10-13)20(30)32-18-8-4-2-6-16(18)22(26,27)28/h1-12H. The smallest absolute Gasteiger partial charge is 0.419 e. The second-order valence-electron chi connectivity index (χ2n) is 6.34. The van der Waals surface area contributed by atoms with Gasteiger partial charge in [0.25, 0.3) is 0 Å². The lowest BCUT2D eigenvalue weighted by molar-refractivity contribution is -0.139. The summed E-state index contributed by atoms with van der Waals surface area (Å²) < 4.78 is 87.7. The summed E-state index contributed by atoms with van der Waals surface area (Å²) in [5, 5.41) is 0. The fourth-order valence-corrected chi connectivity index (χ4v) is 2.64. The zero-order valence-corrected chi connectivity index (χ0v) is 15.8. The molecule has 3 aromatic carbocycles. The number of carbonyl (C=O) groups excluding carboxylic acids is 2. The molecule has 0 spiro atoms. The maximum Gasteiger partial charge on any atom is 0.419 e. The maximum atomic E-state index is 13.0. The van der Waals surface area contributed by atoms with Gasteiger partial charge in [-0.15, -0.1) is 0 Å². The van der Waals surface area contributed by atoms with Crippen LogP contribution >= 0.6 is 0 Å². The number of rotatable bonds is 4. The Morgan fingerprint density at radius 2 is 0.844 bits per heavy atom. The molecule has 0 radical (unpaired) electrons. The van der Waals surface area contributed by atoms with Gasteiger partial charge in [-0.05, 0) is 48.5 Å². The van der Waals surface area contributed by atoms with Crippen molar-refractivity contribution in [1.29, 1.82) is 0 Å². The van der Waals surface area contributed by atoms with Crippen LogP contribution in [0.1, 0.15) is 31.8 Å². The quantitative estimate of drug-likeness (QED) is 0.269. The van der Waals surface area contributed by atoms with Crippen LogP contribution in [0.4, 0.5) is 26.3 Å². The number of alkyl halides is 6. The van der Waals surface area contributed by atoms with Gasteiger partial charge >= 0.3 is 24.3 Å². The van der Waals surface area contributed by atoms with Crippen LogP contribution in [0.25, 0.3) is 0 Å². The Labute approximate surface area is 177 Å². The first-order valence-corrected chi connectivity index (χ1v) is 8.83. The number of benzene rings is 3. The van der Waals surface area contributed by atoms with Crippen molar-refractivity contribution in [3.05, 3.63) is 95.1 Å². The summed E-state index contributed by atoms with van der Waals surface area (Å²) in [6.45, 7) is 0. The molecular formula is C22H12F6O4. The molecule has 0 aliphatic heterocycles. The third-order valence-corrected chi connectivity index (χ3v) is 4.15. The fourth-order valence-electron chi connectivity index (χ4n) is 2.64. The number of hydrogen-bond acceptors (Lipinski definition) is 4. The Bertz CT molecular complexity index is 1040. The molecule has 32 heavy (non-hydrogen) atoms. The Morgan fingerprint density at radius 1 is 0.531 bits per heavy atom. The summed E-state index contributed by atoms with van der Waals surface area (Å²) in [6, 6.07) is 12.5. The molecule has 0 heterocycles. The first kappa shape index (κ1) is 22.9. The van der Waals surface area contributed by atoms with E-state index < -0.39 is 46.9 Å². The number of carbonyl (C=O) groups is 2. The molecule has 166 valence electrons. The molecule has 0 fully saturated rings. The summed E-state index contributed by atoms with van der Waals surface area (Å²) in [6.07, 6.45) is -9.48. The molecule has 0 aliphatic rings. The van der Waals surface area contributed by atoms with Gasteiger partial charge < -0.3 is 9.47 Å². The van der Waals surface area contributed by atoms with E-state index in [1.165, 1.54) is 12.1 Å². The molecule has 0 bridgehead atoms. The highest BCUT2D eigenvalue weighted by Crippen LogP contribution is 2.37. The van der Waals surface area contributed by atoms with Crippen LogP contribution < -0.4 is 9.47 Å². The van der Waals surface area contributed by atoms with Gasteiger partial charge in [0.15, 0.2) is 0 Å². The zero-order valence-electron chi connectivity index (χ0n) is 15.8. The van der Waals surface area contributed by atoms with E-state index in [9.17, 15) is 35.9 Å². The largest absolute Gasteiger partial charge is 0.422 e. The molecule has 0 N–H and O–H groups in total. The lowest BCUT2D eigenvalue weighted by Gasteiger charge is -2.13. The van der Waals surface area contributed by atoms with Crippen molar-refractivity contribution in [2.24, 2.45) is 0 Å². The molecule has 4 nitrogen and oxygen atoms in total. The average Bonchev–Trinajstić information content (AvgIpc) is 2.73. The van der Waals surface area contributed by atoms with E-state index in [2.05, 4.69) is 0 Å². The van der Waals surface area contributed by atoms with Crippen LogP contribution in [-0.2, 0) is 12.4 Å². The minimum atomic E-state index is -4.74. The Hall–Kier alpha value is -3.82. The van der Waals surface area contributed by atoms with Gasteiger partial charge in [-0.2, -0.15) is 26.3 Å². The zero-order chi connectivity index (χ0) is 23.5. The van der Waals surface area contributed by atoms with Crippen molar-refractivity contribution in [3.8, 4) is 11.5 Å². The Balaban J connectivity index is 1.75. The van der Waals surface area contributed by atoms with Crippen LogP contribution in [-0.4, -0.2) is 11.9 Å². The molecule has 0 aromatic heterocycles. The molecule has 0 saturated heterocycles. The lowest BCUT2D eigenvalue weighted by Crippen LogP contribution is -2.15. The summed E-state index contributed by atoms with van der Waals surface area (Å²) in [7, 11) is 0. The third kappa shape index (κ3) is 5.26. The van der Waals surface area contributed by atoms with Gasteiger partial charge in [0.05, 0.1) is 22.3 Å². The van der Waals surface area contributed by atoms with E-state index in [1.807, 2.05) is 0 Å². The van der Waals surface area contributed by atoms with Crippen molar-refractivity contribution < 1.29 is 45.4 Å². The first-order chi connectivity index (χ1) is 15.0. The monoisotopic (exact) mass is 454 g/mol. The number of esters is 2. The van der Waals surface area contributed by atoms with Crippen molar-refractivity contribution >= 4 is 11.9 Å². The fraction of sp³-hybridized carbons (Fsp3) is 0.0909. The number of halogens is 6. The van der Waals surface area contributed by atoms with Gasteiger partial charge in [-0.1, -0.05) is 24.3 Å². The van der Waals surface area contributed by atoms with Crippen molar-refractivity contribution in [2.75, 3.05) is 0 Å².